The first kappa shape index (κ1) is 27.5. The van der Waals surface area contributed by atoms with Crippen molar-refractivity contribution < 1.29 is 22.0 Å². The van der Waals surface area contributed by atoms with Crippen LogP contribution in [0.5, 0.6) is 0 Å². The van der Waals surface area contributed by atoms with Crippen LogP contribution in [0.4, 0.5) is 20.3 Å². The van der Waals surface area contributed by atoms with Crippen molar-refractivity contribution in [3.8, 4) is 11.3 Å². The fraction of sp³-hybridized carbons (Fsp3) is 0.357. The quantitative estimate of drug-likeness (QED) is 0.416. The lowest BCUT2D eigenvalue weighted by Crippen LogP contribution is -2.35. The van der Waals surface area contributed by atoms with Crippen LogP contribution in [0.15, 0.2) is 54.6 Å². The number of halogens is 2. The summed E-state index contributed by atoms with van der Waals surface area (Å²) in [6, 6.07) is 14.0. The van der Waals surface area contributed by atoms with E-state index >= 15 is 0 Å². The third-order valence-electron chi connectivity index (χ3n) is 6.81. The van der Waals surface area contributed by atoms with Gasteiger partial charge in [-0.2, -0.15) is 0 Å². The molecule has 1 aromatic heterocycles. The predicted molar refractivity (Wildman–Crippen MR) is 145 cm³/mol. The van der Waals surface area contributed by atoms with Crippen LogP contribution in [0.3, 0.4) is 0 Å². The van der Waals surface area contributed by atoms with Crippen molar-refractivity contribution in [1.82, 2.24) is 10.3 Å². The number of nitrogens with one attached hydrogen (secondary N) is 2. The average Bonchev–Trinajstić information content (AvgIpc) is 2.88. The van der Waals surface area contributed by atoms with E-state index in [0.717, 1.165) is 60.9 Å². The zero-order valence-corrected chi connectivity index (χ0v) is 22.5. The van der Waals surface area contributed by atoms with Crippen LogP contribution in [0.25, 0.3) is 11.3 Å². The zero-order chi connectivity index (χ0) is 27.4. The fourth-order valence-electron chi connectivity index (χ4n) is 4.46. The molecule has 2 heterocycles. The SMILES string of the molecule is CC1CCN(c2nc(-c3ccc(F)cc3)ccc2CNC(=O)C(C)c2ccc(NS(C)(=O)=O)c(F)c2)CC1. The third-order valence-corrected chi connectivity index (χ3v) is 7.40. The smallest absolute Gasteiger partial charge is 0.229 e. The molecule has 202 valence electrons. The number of aromatic nitrogens is 1. The molecule has 0 aliphatic carbocycles. The van der Waals surface area contributed by atoms with E-state index < -0.39 is 21.8 Å². The molecule has 1 unspecified atom stereocenters. The maximum atomic E-state index is 14.4. The standard InChI is InChI=1S/C28H32F2N4O3S/c1-18-12-14-34(15-13-18)27-22(7-10-25(32-27)20-4-8-23(29)9-5-20)17-31-28(35)19(2)21-6-11-26(24(30)16-21)33-38(3,36)37/h4-11,16,18-19,33H,12-15,17H2,1-3H3,(H,31,35). The van der Waals surface area contributed by atoms with Gasteiger partial charge in [0.25, 0.3) is 0 Å². The summed E-state index contributed by atoms with van der Waals surface area (Å²) < 4.78 is 52.8. The highest BCUT2D eigenvalue weighted by Gasteiger charge is 2.22. The van der Waals surface area contributed by atoms with Gasteiger partial charge < -0.3 is 10.2 Å². The molecule has 10 heteroatoms. The molecular weight excluding hydrogens is 510 g/mol. The molecule has 7 nitrogen and oxygen atoms in total. The second-order valence-electron chi connectivity index (χ2n) is 9.91. The molecule has 1 aliphatic rings. The van der Waals surface area contributed by atoms with Crippen LogP contribution in [0.2, 0.25) is 0 Å². The first-order valence-electron chi connectivity index (χ1n) is 12.6. The molecule has 1 fully saturated rings. The number of hydrogen-bond acceptors (Lipinski definition) is 5. The molecule has 3 aromatic rings. The van der Waals surface area contributed by atoms with Crippen LogP contribution >= 0.6 is 0 Å². The summed E-state index contributed by atoms with van der Waals surface area (Å²) in [5.41, 5.74) is 2.63. The maximum absolute atomic E-state index is 14.4. The predicted octanol–water partition coefficient (Wildman–Crippen LogP) is 5.05. The number of pyridine rings is 1. The molecule has 1 aliphatic heterocycles. The Kier molecular flexibility index (Phi) is 8.30. The van der Waals surface area contributed by atoms with E-state index in [1.165, 1.54) is 24.3 Å². The summed E-state index contributed by atoms with van der Waals surface area (Å²) in [5, 5.41) is 2.94. The summed E-state index contributed by atoms with van der Waals surface area (Å²) in [6.45, 7) is 5.83. The fourth-order valence-corrected chi connectivity index (χ4v) is 5.03. The number of rotatable bonds is 8. The highest BCUT2D eigenvalue weighted by Crippen LogP contribution is 2.29. The lowest BCUT2D eigenvalue weighted by molar-refractivity contribution is -0.122. The van der Waals surface area contributed by atoms with E-state index in [0.29, 0.717) is 11.5 Å². The van der Waals surface area contributed by atoms with E-state index in [4.69, 9.17) is 4.98 Å². The Morgan fingerprint density at radius 2 is 1.76 bits per heavy atom. The van der Waals surface area contributed by atoms with Crippen molar-refractivity contribution in [2.75, 3.05) is 29.0 Å². The summed E-state index contributed by atoms with van der Waals surface area (Å²) in [7, 11) is -3.62. The Morgan fingerprint density at radius 1 is 1.08 bits per heavy atom. The summed E-state index contributed by atoms with van der Waals surface area (Å²) in [6.07, 6.45) is 3.03. The van der Waals surface area contributed by atoms with Gasteiger partial charge >= 0.3 is 0 Å². The number of nitrogens with zero attached hydrogens (tertiary/aromatic N) is 2. The van der Waals surface area contributed by atoms with E-state index in [1.54, 1.807) is 19.1 Å². The molecule has 0 radical (unpaired) electrons. The zero-order valence-electron chi connectivity index (χ0n) is 21.7. The molecule has 1 amide bonds. The van der Waals surface area contributed by atoms with Gasteiger partial charge in [-0.1, -0.05) is 19.1 Å². The monoisotopic (exact) mass is 542 g/mol. The van der Waals surface area contributed by atoms with Crippen molar-refractivity contribution >= 4 is 27.4 Å². The van der Waals surface area contributed by atoms with Gasteiger partial charge in [-0.15, -0.1) is 0 Å². The van der Waals surface area contributed by atoms with E-state index in [-0.39, 0.29) is 24.0 Å². The number of benzene rings is 2. The summed E-state index contributed by atoms with van der Waals surface area (Å²) >= 11 is 0. The van der Waals surface area contributed by atoms with Gasteiger partial charge in [0.05, 0.1) is 23.6 Å². The molecular formula is C28H32F2N4O3S. The Morgan fingerprint density at radius 3 is 2.39 bits per heavy atom. The minimum absolute atomic E-state index is 0.170. The van der Waals surface area contributed by atoms with Crippen molar-refractivity contribution in [2.24, 2.45) is 5.92 Å². The van der Waals surface area contributed by atoms with Crippen LogP contribution in [-0.2, 0) is 21.4 Å². The molecule has 2 aromatic carbocycles. The molecule has 2 N–H and O–H groups in total. The normalized spacial score (nSPS) is 15.2. The largest absolute Gasteiger partial charge is 0.356 e. The van der Waals surface area contributed by atoms with Gasteiger partial charge in [0, 0.05) is 30.8 Å². The maximum Gasteiger partial charge on any atom is 0.229 e. The topological polar surface area (TPSA) is 91.4 Å². The molecule has 4 rings (SSSR count). The number of sulfonamides is 1. The van der Waals surface area contributed by atoms with Gasteiger partial charge in [-0.05, 0) is 73.7 Å². The highest BCUT2D eigenvalue weighted by molar-refractivity contribution is 7.92. The molecule has 1 saturated heterocycles. The second-order valence-corrected chi connectivity index (χ2v) is 11.7. The number of piperidine rings is 1. The Balaban J connectivity index is 1.52. The molecule has 0 saturated carbocycles. The summed E-state index contributed by atoms with van der Waals surface area (Å²) in [4.78, 5) is 20.1. The van der Waals surface area contributed by atoms with Crippen molar-refractivity contribution in [1.29, 1.82) is 0 Å². The van der Waals surface area contributed by atoms with E-state index in [9.17, 15) is 22.0 Å². The van der Waals surface area contributed by atoms with Gasteiger partial charge in [0.2, 0.25) is 15.9 Å². The van der Waals surface area contributed by atoms with Gasteiger partial charge in [-0.25, -0.2) is 22.2 Å². The third kappa shape index (κ3) is 6.86. The minimum Gasteiger partial charge on any atom is -0.356 e. The van der Waals surface area contributed by atoms with Gasteiger partial charge in [0.15, 0.2) is 0 Å². The molecule has 0 spiro atoms. The average molecular weight is 543 g/mol. The Hall–Kier alpha value is -3.53. The lowest BCUT2D eigenvalue weighted by atomic mass is 9.98. The van der Waals surface area contributed by atoms with Crippen LogP contribution in [-0.4, -0.2) is 38.7 Å². The molecule has 1 atom stereocenters. The van der Waals surface area contributed by atoms with Gasteiger partial charge in [-0.3, -0.25) is 9.52 Å². The van der Waals surface area contributed by atoms with Crippen LogP contribution in [0.1, 0.15) is 43.7 Å². The minimum atomic E-state index is -3.62. The van der Waals surface area contributed by atoms with Crippen molar-refractivity contribution in [3.63, 3.8) is 0 Å². The van der Waals surface area contributed by atoms with Crippen LogP contribution in [0, 0.1) is 17.6 Å². The van der Waals surface area contributed by atoms with E-state index in [1.807, 2.05) is 12.1 Å². The second kappa shape index (κ2) is 11.5. The molecule has 38 heavy (non-hydrogen) atoms. The Labute approximate surface area is 222 Å². The highest BCUT2D eigenvalue weighted by atomic mass is 32.2. The number of amides is 1. The number of carbonyl (C=O) groups excluding carboxylic acids is 1. The number of anilines is 2. The first-order valence-corrected chi connectivity index (χ1v) is 14.4. The van der Waals surface area contributed by atoms with Crippen molar-refractivity contribution in [2.45, 2.75) is 39.2 Å². The number of hydrogen-bond donors (Lipinski definition) is 2. The lowest BCUT2D eigenvalue weighted by Gasteiger charge is -2.33. The Bertz CT molecular complexity index is 1410. The number of carbonyl (C=O) groups is 1. The van der Waals surface area contributed by atoms with Crippen LogP contribution < -0.4 is 14.9 Å². The molecule has 0 bridgehead atoms. The summed E-state index contributed by atoms with van der Waals surface area (Å²) in [5.74, 6) is -0.608. The van der Waals surface area contributed by atoms with Crippen molar-refractivity contribution in [3.05, 3.63) is 77.4 Å². The van der Waals surface area contributed by atoms with Gasteiger partial charge in [0.1, 0.15) is 17.5 Å². The first-order chi connectivity index (χ1) is 18.0. The van der Waals surface area contributed by atoms with E-state index in [2.05, 4.69) is 21.9 Å².